The second-order valence-electron chi connectivity index (χ2n) is 6.76. The third kappa shape index (κ3) is 4.87. The van der Waals surface area contributed by atoms with Gasteiger partial charge < -0.3 is 15.0 Å². The zero-order valence-electron chi connectivity index (χ0n) is 15.4. The van der Waals surface area contributed by atoms with Crippen molar-refractivity contribution in [1.29, 1.82) is 0 Å². The predicted molar refractivity (Wildman–Crippen MR) is 105 cm³/mol. The van der Waals surface area contributed by atoms with Crippen LogP contribution in [0, 0.1) is 6.92 Å². The number of benzene rings is 2. The van der Waals surface area contributed by atoms with Gasteiger partial charge in [0, 0.05) is 17.1 Å². The highest BCUT2D eigenvalue weighted by molar-refractivity contribution is 6.30. The number of nitrogens with zero attached hydrogens (tertiary/aromatic N) is 1. The summed E-state index contributed by atoms with van der Waals surface area (Å²) in [5, 5.41) is 3.46. The normalized spacial score (nSPS) is 18.0. The summed E-state index contributed by atoms with van der Waals surface area (Å²) in [7, 11) is 0. The first-order valence-corrected chi connectivity index (χ1v) is 9.35. The Bertz CT molecular complexity index is 822. The van der Waals surface area contributed by atoms with Crippen LogP contribution in [-0.4, -0.2) is 42.5 Å². The van der Waals surface area contributed by atoms with Crippen molar-refractivity contribution in [2.24, 2.45) is 0 Å². The SMILES string of the molecule is Cc1cccc(C(=O)NC(C)C(=O)N2CCOC(c3ccc(Cl)cc3)C2)c1. The van der Waals surface area contributed by atoms with Crippen LogP contribution in [0.1, 0.15) is 34.5 Å². The Balaban J connectivity index is 1.62. The fourth-order valence-corrected chi connectivity index (χ4v) is 3.26. The number of aryl methyl sites for hydroxylation is 1. The van der Waals surface area contributed by atoms with Gasteiger partial charge in [-0.05, 0) is 43.7 Å². The molecule has 0 radical (unpaired) electrons. The second-order valence-corrected chi connectivity index (χ2v) is 7.20. The van der Waals surface area contributed by atoms with Gasteiger partial charge in [0.25, 0.3) is 5.91 Å². The largest absolute Gasteiger partial charge is 0.370 e. The van der Waals surface area contributed by atoms with Gasteiger partial charge in [0.1, 0.15) is 12.1 Å². The third-order valence-electron chi connectivity index (χ3n) is 4.62. The van der Waals surface area contributed by atoms with Gasteiger partial charge in [-0.1, -0.05) is 41.4 Å². The number of halogens is 1. The van der Waals surface area contributed by atoms with Crippen LogP contribution in [0.25, 0.3) is 0 Å². The van der Waals surface area contributed by atoms with E-state index in [1.807, 2.05) is 43.3 Å². The van der Waals surface area contributed by atoms with Gasteiger partial charge in [-0.3, -0.25) is 9.59 Å². The van der Waals surface area contributed by atoms with Crippen molar-refractivity contribution in [3.63, 3.8) is 0 Å². The summed E-state index contributed by atoms with van der Waals surface area (Å²) in [5.74, 6) is -0.361. The summed E-state index contributed by atoms with van der Waals surface area (Å²) >= 11 is 5.93. The number of carbonyl (C=O) groups is 2. The highest BCUT2D eigenvalue weighted by atomic mass is 35.5. The predicted octanol–water partition coefficient (Wildman–Crippen LogP) is 3.37. The molecule has 1 aliphatic rings. The lowest BCUT2D eigenvalue weighted by molar-refractivity contribution is -0.140. The highest BCUT2D eigenvalue weighted by Crippen LogP contribution is 2.24. The maximum Gasteiger partial charge on any atom is 0.251 e. The molecule has 27 heavy (non-hydrogen) atoms. The minimum atomic E-state index is -0.609. The molecule has 1 aliphatic heterocycles. The van der Waals surface area contributed by atoms with Gasteiger partial charge >= 0.3 is 0 Å². The van der Waals surface area contributed by atoms with E-state index < -0.39 is 6.04 Å². The van der Waals surface area contributed by atoms with Crippen molar-refractivity contribution in [2.45, 2.75) is 26.0 Å². The number of ether oxygens (including phenoxy) is 1. The fraction of sp³-hybridized carbons (Fsp3) is 0.333. The zero-order chi connectivity index (χ0) is 19.4. The third-order valence-corrected chi connectivity index (χ3v) is 4.87. The van der Waals surface area contributed by atoms with Gasteiger partial charge in [0.15, 0.2) is 0 Å². The summed E-state index contributed by atoms with van der Waals surface area (Å²) < 4.78 is 5.80. The van der Waals surface area contributed by atoms with Crippen LogP contribution in [0.3, 0.4) is 0 Å². The minimum Gasteiger partial charge on any atom is -0.370 e. The lowest BCUT2D eigenvalue weighted by Crippen LogP contribution is -2.51. The van der Waals surface area contributed by atoms with E-state index in [1.165, 1.54) is 0 Å². The van der Waals surface area contributed by atoms with Crippen LogP contribution in [-0.2, 0) is 9.53 Å². The highest BCUT2D eigenvalue weighted by Gasteiger charge is 2.29. The lowest BCUT2D eigenvalue weighted by Gasteiger charge is -2.34. The van der Waals surface area contributed by atoms with Crippen LogP contribution < -0.4 is 5.32 Å². The standard InChI is InChI=1S/C21H23ClN2O3/c1-14-4-3-5-17(12-14)20(25)23-15(2)21(26)24-10-11-27-19(13-24)16-6-8-18(22)9-7-16/h3-9,12,15,19H,10-11,13H2,1-2H3,(H,23,25). The molecule has 2 aromatic carbocycles. The van der Waals surface area contributed by atoms with Crippen LogP contribution >= 0.6 is 11.6 Å². The Hall–Kier alpha value is -2.37. The minimum absolute atomic E-state index is 0.113. The molecule has 1 N–H and O–H groups in total. The van der Waals surface area contributed by atoms with E-state index in [1.54, 1.807) is 24.0 Å². The summed E-state index contributed by atoms with van der Waals surface area (Å²) in [5.41, 5.74) is 2.53. The number of nitrogens with one attached hydrogen (secondary N) is 1. The molecule has 2 aromatic rings. The lowest BCUT2D eigenvalue weighted by atomic mass is 10.1. The van der Waals surface area contributed by atoms with E-state index in [0.717, 1.165) is 11.1 Å². The molecule has 0 spiro atoms. The van der Waals surface area contributed by atoms with Crippen molar-refractivity contribution in [1.82, 2.24) is 10.2 Å². The molecule has 5 nitrogen and oxygen atoms in total. The Labute approximate surface area is 164 Å². The monoisotopic (exact) mass is 386 g/mol. The second kappa shape index (κ2) is 8.55. The average molecular weight is 387 g/mol. The molecule has 1 saturated heterocycles. The number of hydrogen-bond donors (Lipinski definition) is 1. The van der Waals surface area contributed by atoms with Crippen molar-refractivity contribution < 1.29 is 14.3 Å². The van der Waals surface area contributed by atoms with Crippen molar-refractivity contribution in [2.75, 3.05) is 19.7 Å². The van der Waals surface area contributed by atoms with E-state index in [2.05, 4.69) is 5.32 Å². The van der Waals surface area contributed by atoms with Gasteiger partial charge in [-0.25, -0.2) is 0 Å². The number of rotatable bonds is 4. The van der Waals surface area contributed by atoms with Crippen molar-refractivity contribution >= 4 is 23.4 Å². The molecule has 2 atom stereocenters. The first-order chi connectivity index (χ1) is 12.9. The molecule has 6 heteroatoms. The topological polar surface area (TPSA) is 58.6 Å². The van der Waals surface area contributed by atoms with E-state index in [9.17, 15) is 9.59 Å². The van der Waals surface area contributed by atoms with Gasteiger partial charge in [-0.2, -0.15) is 0 Å². The molecule has 1 heterocycles. The fourth-order valence-electron chi connectivity index (χ4n) is 3.13. The maximum atomic E-state index is 12.8. The molecule has 0 bridgehead atoms. The summed E-state index contributed by atoms with van der Waals surface area (Å²) in [4.78, 5) is 26.9. The average Bonchev–Trinajstić information content (AvgIpc) is 2.68. The van der Waals surface area contributed by atoms with Gasteiger partial charge in [-0.15, -0.1) is 0 Å². The van der Waals surface area contributed by atoms with Gasteiger partial charge in [0.05, 0.1) is 13.2 Å². The van der Waals surface area contributed by atoms with E-state index in [0.29, 0.717) is 30.3 Å². The van der Waals surface area contributed by atoms with E-state index in [4.69, 9.17) is 16.3 Å². The molecular weight excluding hydrogens is 364 g/mol. The quantitative estimate of drug-likeness (QED) is 0.876. The molecule has 2 unspecified atom stereocenters. The maximum absolute atomic E-state index is 12.8. The number of morpholine rings is 1. The molecule has 2 amide bonds. The van der Waals surface area contributed by atoms with Crippen molar-refractivity contribution in [3.8, 4) is 0 Å². The molecule has 3 rings (SSSR count). The van der Waals surface area contributed by atoms with Gasteiger partial charge in [0.2, 0.25) is 5.91 Å². The van der Waals surface area contributed by atoms with E-state index in [-0.39, 0.29) is 17.9 Å². The van der Waals surface area contributed by atoms with Crippen LogP contribution in [0.5, 0.6) is 0 Å². The zero-order valence-corrected chi connectivity index (χ0v) is 16.2. The van der Waals surface area contributed by atoms with Crippen molar-refractivity contribution in [3.05, 3.63) is 70.2 Å². The number of carbonyl (C=O) groups excluding carboxylic acids is 2. The number of amides is 2. The molecular formula is C21H23ClN2O3. The van der Waals surface area contributed by atoms with Crippen LogP contribution in [0.15, 0.2) is 48.5 Å². The van der Waals surface area contributed by atoms with Crippen LogP contribution in [0.2, 0.25) is 5.02 Å². The Morgan fingerprint density at radius 2 is 1.96 bits per heavy atom. The molecule has 142 valence electrons. The molecule has 0 aliphatic carbocycles. The summed E-state index contributed by atoms with van der Waals surface area (Å²) in [6, 6.07) is 14.1. The first-order valence-electron chi connectivity index (χ1n) is 8.97. The smallest absolute Gasteiger partial charge is 0.251 e. The summed E-state index contributed by atoms with van der Waals surface area (Å²) in [6.45, 7) is 5.05. The van der Waals surface area contributed by atoms with Crippen LogP contribution in [0.4, 0.5) is 0 Å². The Morgan fingerprint density at radius 3 is 2.67 bits per heavy atom. The summed E-state index contributed by atoms with van der Waals surface area (Å²) in [6.07, 6.45) is -0.195. The van der Waals surface area contributed by atoms with E-state index >= 15 is 0 Å². The number of hydrogen-bond acceptors (Lipinski definition) is 3. The molecule has 0 saturated carbocycles. The first kappa shape index (κ1) is 19.4. The Morgan fingerprint density at radius 1 is 1.22 bits per heavy atom. The Kier molecular flexibility index (Phi) is 6.14. The molecule has 0 aromatic heterocycles. The molecule has 1 fully saturated rings.